The van der Waals surface area contributed by atoms with E-state index >= 15 is 0 Å². The molecule has 3 aromatic carbocycles. The van der Waals surface area contributed by atoms with Gasteiger partial charge in [0.15, 0.2) is 0 Å². The van der Waals surface area contributed by atoms with Crippen LogP contribution < -0.4 is 11.3 Å². The van der Waals surface area contributed by atoms with E-state index in [4.69, 9.17) is 5.73 Å². The van der Waals surface area contributed by atoms with Gasteiger partial charge in [-0.2, -0.15) is 5.10 Å². The van der Waals surface area contributed by atoms with Crippen molar-refractivity contribution in [2.24, 2.45) is 5.73 Å². The number of nitrogens with zero attached hydrogens (tertiary/aromatic N) is 1. The number of aromatic nitrogens is 3. The second kappa shape index (κ2) is 8.29. The summed E-state index contributed by atoms with van der Waals surface area (Å²) in [6.45, 7) is 4.97. The summed E-state index contributed by atoms with van der Waals surface area (Å²) in [5.74, 6) is 0. The molecule has 0 unspecified atom stereocenters. The number of nitrogens with one attached hydrogen (secondary N) is 2. The number of pyridine rings is 1. The van der Waals surface area contributed by atoms with Crippen LogP contribution in [-0.4, -0.2) is 21.7 Å². The number of rotatable bonds is 6. The van der Waals surface area contributed by atoms with E-state index < -0.39 is 0 Å². The van der Waals surface area contributed by atoms with Crippen molar-refractivity contribution in [2.45, 2.75) is 12.8 Å². The van der Waals surface area contributed by atoms with Gasteiger partial charge in [-0.15, -0.1) is 0 Å². The SMILES string of the molecule is C=C(c1ccccc1)c1c[nH]c(=O)c2c1cc(CCCN)c1ccc(-c3cn[nH]c3)cc12. The minimum atomic E-state index is -0.107. The average Bonchev–Trinajstić information content (AvgIpc) is 3.37. The summed E-state index contributed by atoms with van der Waals surface area (Å²) in [5, 5.41) is 10.5. The number of hydrogen-bond donors (Lipinski definition) is 3. The number of hydrogen-bond acceptors (Lipinski definition) is 3. The van der Waals surface area contributed by atoms with Crippen molar-refractivity contribution >= 4 is 27.1 Å². The summed E-state index contributed by atoms with van der Waals surface area (Å²) >= 11 is 0. The van der Waals surface area contributed by atoms with E-state index in [9.17, 15) is 4.79 Å². The van der Waals surface area contributed by atoms with Gasteiger partial charge in [-0.05, 0) is 69.9 Å². The zero-order valence-corrected chi connectivity index (χ0v) is 17.7. The Balaban J connectivity index is 1.83. The lowest BCUT2D eigenvalue weighted by molar-refractivity contribution is 0.838. The van der Waals surface area contributed by atoms with Gasteiger partial charge < -0.3 is 10.7 Å². The van der Waals surface area contributed by atoms with Crippen LogP contribution in [0.5, 0.6) is 0 Å². The molecule has 5 rings (SSSR count). The molecule has 0 saturated heterocycles. The molecule has 158 valence electrons. The quantitative estimate of drug-likeness (QED) is 0.337. The first-order valence-corrected chi connectivity index (χ1v) is 10.7. The predicted molar refractivity (Wildman–Crippen MR) is 132 cm³/mol. The third-order valence-electron chi connectivity index (χ3n) is 6.02. The zero-order valence-electron chi connectivity index (χ0n) is 17.7. The van der Waals surface area contributed by atoms with E-state index in [-0.39, 0.29) is 5.56 Å². The maximum atomic E-state index is 13.1. The lowest BCUT2D eigenvalue weighted by atomic mass is 9.89. The van der Waals surface area contributed by atoms with E-state index in [1.807, 2.05) is 36.5 Å². The van der Waals surface area contributed by atoms with Crippen LogP contribution in [0.25, 0.3) is 38.2 Å². The molecule has 0 saturated carbocycles. The number of fused-ring (bicyclic) bond motifs is 3. The van der Waals surface area contributed by atoms with Gasteiger partial charge in [-0.25, -0.2) is 0 Å². The van der Waals surface area contributed by atoms with Gasteiger partial charge in [-0.1, -0.05) is 49.0 Å². The Bertz CT molecular complexity index is 1480. The molecular formula is C27H24N4O. The summed E-state index contributed by atoms with van der Waals surface area (Å²) in [5.41, 5.74) is 11.7. The van der Waals surface area contributed by atoms with Crippen molar-refractivity contribution in [3.8, 4) is 11.1 Å². The fraction of sp³-hybridized carbons (Fsp3) is 0.111. The highest BCUT2D eigenvalue weighted by molar-refractivity contribution is 6.13. The van der Waals surface area contributed by atoms with Crippen molar-refractivity contribution in [3.63, 3.8) is 0 Å². The third kappa shape index (κ3) is 3.43. The first kappa shape index (κ1) is 20.0. The fourth-order valence-electron chi connectivity index (χ4n) is 4.38. The minimum absolute atomic E-state index is 0.107. The van der Waals surface area contributed by atoms with Crippen LogP contribution in [0, 0.1) is 0 Å². The molecule has 32 heavy (non-hydrogen) atoms. The standard InChI is InChI=1S/C27H24N4O/c1-17(18-6-3-2-4-7-18)25-16-29-27(32)26-23-12-19(21-14-30-31-15-21)9-10-22(23)20(8-5-11-28)13-24(25)26/h2-4,6-7,9-10,12-16H,1,5,8,11,28H2,(H,29,32)(H,30,31). The van der Waals surface area contributed by atoms with Crippen molar-refractivity contribution < 1.29 is 0 Å². The normalized spacial score (nSPS) is 11.3. The van der Waals surface area contributed by atoms with Crippen LogP contribution in [0.4, 0.5) is 0 Å². The van der Waals surface area contributed by atoms with Crippen LogP contribution in [0.1, 0.15) is 23.1 Å². The first-order chi connectivity index (χ1) is 15.7. The molecule has 0 spiro atoms. The minimum Gasteiger partial charge on any atom is -0.330 e. The van der Waals surface area contributed by atoms with E-state index in [1.165, 1.54) is 5.56 Å². The third-order valence-corrected chi connectivity index (χ3v) is 6.02. The molecular weight excluding hydrogens is 396 g/mol. The smallest absolute Gasteiger partial charge is 0.256 e. The number of aromatic amines is 2. The summed E-state index contributed by atoms with van der Waals surface area (Å²) in [4.78, 5) is 16.1. The monoisotopic (exact) mass is 420 g/mol. The molecule has 2 heterocycles. The topological polar surface area (TPSA) is 87.6 Å². The van der Waals surface area contributed by atoms with Gasteiger partial charge in [0.25, 0.3) is 5.56 Å². The van der Waals surface area contributed by atoms with Crippen LogP contribution in [0.15, 0.2) is 84.6 Å². The number of benzene rings is 3. The van der Waals surface area contributed by atoms with E-state index in [0.29, 0.717) is 11.9 Å². The van der Waals surface area contributed by atoms with Gasteiger partial charge in [0.05, 0.1) is 11.6 Å². The van der Waals surface area contributed by atoms with Crippen molar-refractivity contribution in [2.75, 3.05) is 6.54 Å². The molecule has 0 atom stereocenters. The Morgan fingerprint density at radius 3 is 2.56 bits per heavy atom. The summed E-state index contributed by atoms with van der Waals surface area (Å²) in [6.07, 6.45) is 7.14. The van der Waals surface area contributed by atoms with Gasteiger partial charge in [0, 0.05) is 23.5 Å². The lowest BCUT2D eigenvalue weighted by Gasteiger charge is -2.15. The second-order valence-corrected chi connectivity index (χ2v) is 7.97. The van der Waals surface area contributed by atoms with Crippen LogP contribution in [-0.2, 0) is 6.42 Å². The average molecular weight is 421 g/mol. The van der Waals surface area contributed by atoms with E-state index in [0.717, 1.165) is 56.8 Å². The number of nitrogens with two attached hydrogens (primary N) is 1. The highest BCUT2D eigenvalue weighted by atomic mass is 16.1. The molecule has 4 N–H and O–H groups in total. The van der Waals surface area contributed by atoms with Crippen molar-refractivity contribution in [1.29, 1.82) is 0 Å². The van der Waals surface area contributed by atoms with Gasteiger partial charge in [0.1, 0.15) is 0 Å². The Morgan fingerprint density at radius 2 is 1.81 bits per heavy atom. The number of aryl methyl sites for hydroxylation is 1. The molecule has 5 aromatic rings. The molecule has 2 aromatic heterocycles. The van der Waals surface area contributed by atoms with Gasteiger partial charge in [0.2, 0.25) is 0 Å². The largest absolute Gasteiger partial charge is 0.330 e. The second-order valence-electron chi connectivity index (χ2n) is 7.97. The lowest BCUT2D eigenvalue weighted by Crippen LogP contribution is -2.09. The van der Waals surface area contributed by atoms with Crippen molar-refractivity contribution in [1.82, 2.24) is 15.2 Å². The van der Waals surface area contributed by atoms with Gasteiger partial charge in [-0.3, -0.25) is 9.89 Å². The molecule has 0 fully saturated rings. The maximum Gasteiger partial charge on any atom is 0.256 e. The molecule has 0 amide bonds. The maximum absolute atomic E-state index is 13.1. The van der Waals surface area contributed by atoms with Crippen molar-refractivity contribution in [3.05, 3.63) is 107 Å². The Morgan fingerprint density at radius 1 is 0.969 bits per heavy atom. The first-order valence-electron chi connectivity index (χ1n) is 10.7. The van der Waals surface area contributed by atoms with Crippen LogP contribution in [0.2, 0.25) is 0 Å². The molecule has 0 aliphatic rings. The molecule has 0 aliphatic carbocycles. The van der Waals surface area contributed by atoms with Crippen LogP contribution >= 0.6 is 0 Å². The number of H-pyrrole nitrogens is 2. The Labute approximate surface area is 185 Å². The summed E-state index contributed by atoms with van der Waals surface area (Å²) < 4.78 is 0. The van der Waals surface area contributed by atoms with E-state index in [1.54, 1.807) is 12.4 Å². The predicted octanol–water partition coefficient (Wildman–Crippen LogP) is 5.02. The molecule has 0 bridgehead atoms. The van der Waals surface area contributed by atoms with E-state index in [2.05, 4.69) is 46.0 Å². The highest BCUT2D eigenvalue weighted by Crippen LogP contribution is 2.35. The molecule has 5 heteroatoms. The summed E-state index contributed by atoms with van der Waals surface area (Å²) in [6, 6.07) is 18.4. The zero-order chi connectivity index (χ0) is 22.1. The molecule has 0 radical (unpaired) electrons. The Hall–Kier alpha value is -3.96. The van der Waals surface area contributed by atoms with Gasteiger partial charge >= 0.3 is 0 Å². The highest BCUT2D eigenvalue weighted by Gasteiger charge is 2.16. The molecule has 5 nitrogen and oxygen atoms in total. The summed E-state index contributed by atoms with van der Waals surface area (Å²) in [7, 11) is 0. The molecule has 0 aliphatic heterocycles. The van der Waals surface area contributed by atoms with Crippen LogP contribution in [0.3, 0.4) is 0 Å². The Kier molecular flexibility index (Phi) is 5.17. The fourth-order valence-corrected chi connectivity index (χ4v) is 4.38.